The maximum absolute atomic E-state index is 10.7. The van der Waals surface area contributed by atoms with Crippen molar-refractivity contribution in [2.75, 3.05) is 6.54 Å². The number of carbonyl (C=O) groups excluding carboxylic acids is 1. The van der Waals surface area contributed by atoms with E-state index in [-0.39, 0.29) is 5.91 Å². The highest BCUT2D eigenvalue weighted by Gasteiger charge is 1.94. The van der Waals surface area contributed by atoms with Crippen LogP contribution in [0.3, 0.4) is 0 Å². The molecule has 16 heavy (non-hydrogen) atoms. The number of fused-ring (bicyclic) bond motifs is 1. The minimum absolute atomic E-state index is 0.00191. The molecule has 0 unspecified atom stereocenters. The van der Waals surface area contributed by atoms with Gasteiger partial charge in [-0.15, -0.1) is 11.3 Å². The van der Waals surface area contributed by atoms with Gasteiger partial charge in [-0.3, -0.25) is 4.79 Å². The third kappa shape index (κ3) is 2.70. The van der Waals surface area contributed by atoms with Crippen molar-refractivity contribution < 1.29 is 4.79 Å². The number of amides is 1. The van der Waals surface area contributed by atoms with Crippen LogP contribution >= 0.6 is 11.3 Å². The van der Waals surface area contributed by atoms with Gasteiger partial charge in [-0.2, -0.15) is 0 Å². The first-order valence-electron chi connectivity index (χ1n) is 5.14. The summed E-state index contributed by atoms with van der Waals surface area (Å²) in [5, 5.41) is 6.09. The van der Waals surface area contributed by atoms with Gasteiger partial charge in [0.2, 0.25) is 5.91 Å². The molecule has 0 spiro atoms. The molecule has 0 radical (unpaired) electrons. The van der Waals surface area contributed by atoms with Crippen molar-refractivity contribution in [3.8, 4) is 0 Å². The van der Waals surface area contributed by atoms with Gasteiger partial charge in [0.15, 0.2) is 0 Å². The Hall–Kier alpha value is -1.61. The van der Waals surface area contributed by atoms with Gasteiger partial charge in [-0.25, -0.2) is 0 Å². The average Bonchev–Trinajstić information content (AvgIpc) is 2.71. The van der Waals surface area contributed by atoms with Crippen molar-refractivity contribution in [2.24, 2.45) is 0 Å². The van der Waals surface area contributed by atoms with E-state index in [0.717, 1.165) is 5.56 Å². The Balaban J connectivity index is 2.06. The van der Waals surface area contributed by atoms with Gasteiger partial charge in [-0.1, -0.05) is 18.2 Å². The van der Waals surface area contributed by atoms with Gasteiger partial charge in [0.25, 0.3) is 0 Å². The Morgan fingerprint density at radius 3 is 3.12 bits per heavy atom. The van der Waals surface area contributed by atoms with Crippen LogP contribution in [0.5, 0.6) is 0 Å². The van der Waals surface area contributed by atoms with Crippen molar-refractivity contribution in [2.45, 2.75) is 6.92 Å². The lowest BCUT2D eigenvalue weighted by molar-refractivity contribution is -0.118. The Morgan fingerprint density at radius 2 is 2.31 bits per heavy atom. The minimum Gasteiger partial charge on any atom is -0.353 e. The Kier molecular flexibility index (Phi) is 3.37. The predicted octanol–water partition coefficient (Wildman–Crippen LogP) is 3.05. The number of hydrogen-bond donors (Lipinski definition) is 1. The number of nitrogens with one attached hydrogen (secondary N) is 1. The third-order valence-corrected chi connectivity index (χ3v) is 3.15. The fourth-order valence-electron chi connectivity index (χ4n) is 1.49. The van der Waals surface area contributed by atoms with Crippen molar-refractivity contribution in [3.05, 3.63) is 41.3 Å². The van der Waals surface area contributed by atoms with E-state index in [1.165, 1.54) is 17.0 Å². The maximum atomic E-state index is 10.7. The van der Waals surface area contributed by atoms with Gasteiger partial charge < -0.3 is 5.32 Å². The summed E-state index contributed by atoms with van der Waals surface area (Å²) in [5.41, 5.74) is 1.16. The first-order valence-corrected chi connectivity index (χ1v) is 6.02. The van der Waals surface area contributed by atoms with Crippen molar-refractivity contribution in [1.82, 2.24) is 5.32 Å². The Morgan fingerprint density at radius 1 is 1.44 bits per heavy atom. The summed E-state index contributed by atoms with van der Waals surface area (Å²) < 4.78 is 1.30. The molecule has 1 heterocycles. The first-order chi connectivity index (χ1) is 7.75. The zero-order chi connectivity index (χ0) is 11.4. The zero-order valence-electron chi connectivity index (χ0n) is 9.07. The molecule has 0 aliphatic heterocycles. The van der Waals surface area contributed by atoms with Crippen molar-refractivity contribution in [3.63, 3.8) is 0 Å². The van der Waals surface area contributed by atoms with Crippen LogP contribution in [0.25, 0.3) is 16.2 Å². The normalized spacial score (nSPS) is 11.1. The predicted molar refractivity (Wildman–Crippen MR) is 69.5 cm³/mol. The van der Waals surface area contributed by atoms with E-state index in [2.05, 4.69) is 35.0 Å². The summed E-state index contributed by atoms with van der Waals surface area (Å²) in [4.78, 5) is 10.7. The van der Waals surface area contributed by atoms with Crippen LogP contribution in [0.15, 0.2) is 35.7 Å². The fourth-order valence-corrected chi connectivity index (χ4v) is 2.26. The molecule has 3 heteroatoms. The van der Waals surface area contributed by atoms with E-state index in [1.54, 1.807) is 11.3 Å². The van der Waals surface area contributed by atoms with E-state index in [9.17, 15) is 4.79 Å². The molecule has 1 amide bonds. The molecule has 2 rings (SSSR count). The molecule has 0 saturated heterocycles. The van der Waals surface area contributed by atoms with Gasteiger partial charge in [0.1, 0.15) is 0 Å². The highest BCUT2D eigenvalue weighted by atomic mass is 32.1. The molecule has 1 aromatic heterocycles. The van der Waals surface area contributed by atoms with Crippen LogP contribution < -0.4 is 5.32 Å². The average molecular weight is 231 g/mol. The molecule has 0 atom stereocenters. The second-order valence-corrected chi connectivity index (χ2v) is 4.51. The molecule has 82 valence electrons. The lowest BCUT2D eigenvalue weighted by Gasteiger charge is -1.96. The largest absolute Gasteiger partial charge is 0.353 e. The number of hydrogen-bond acceptors (Lipinski definition) is 2. The molecule has 2 aromatic rings. The van der Waals surface area contributed by atoms with Crippen LogP contribution in [0.2, 0.25) is 0 Å². The van der Waals surface area contributed by atoms with E-state index in [4.69, 9.17) is 0 Å². The summed E-state index contributed by atoms with van der Waals surface area (Å²) in [6.45, 7) is 2.10. The minimum atomic E-state index is -0.00191. The number of rotatable bonds is 3. The summed E-state index contributed by atoms with van der Waals surface area (Å²) in [5.74, 6) is -0.00191. The lowest BCUT2D eigenvalue weighted by Crippen LogP contribution is -2.19. The number of carbonyl (C=O) groups is 1. The highest BCUT2D eigenvalue weighted by Crippen LogP contribution is 2.22. The number of benzene rings is 1. The summed E-state index contributed by atoms with van der Waals surface area (Å²) in [6.07, 6.45) is 3.97. The smallest absolute Gasteiger partial charge is 0.217 e. The quantitative estimate of drug-likeness (QED) is 0.864. The first kappa shape index (κ1) is 10.9. The van der Waals surface area contributed by atoms with Gasteiger partial charge in [0, 0.05) is 18.2 Å². The SMILES string of the molecule is CC(=O)NCC=Cc1ccc2sccc2c1. The van der Waals surface area contributed by atoms with E-state index in [0.29, 0.717) is 6.54 Å². The second-order valence-electron chi connectivity index (χ2n) is 3.56. The van der Waals surface area contributed by atoms with E-state index >= 15 is 0 Å². The summed E-state index contributed by atoms with van der Waals surface area (Å²) in [7, 11) is 0. The van der Waals surface area contributed by atoms with Crippen LogP contribution in [0.1, 0.15) is 12.5 Å². The molecule has 0 fully saturated rings. The monoisotopic (exact) mass is 231 g/mol. The van der Waals surface area contributed by atoms with Gasteiger partial charge in [-0.05, 0) is 34.5 Å². The molecule has 2 nitrogen and oxygen atoms in total. The number of thiophene rings is 1. The lowest BCUT2D eigenvalue weighted by atomic mass is 10.1. The molecular formula is C13H13NOS. The van der Waals surface area contributed by atoms with Crippen LogP contribution in [0.4, 0.5) is 0 Å². The summed E-state index contributed by atoms with van der Waals surface area (Å²) in [6, 6.07) is 8.47. The zero-order valence-corrected chi connectivity index (χ0v) is 9.88. The molecular weight excluding hydrogens is 218 g/mol. The van der Waals surface area contributed by atoms with Crippen LogP contribution in [-0.4, -0.2) is 12.5 Å². The Bertz CT molecular complexity index is 527. The standard InChI is InChI=1S/C13H13NOS/c1-10(15)14-7-2-3-11-4-5-13-12(9-11)6-8-16-13/h2-6,8-9H,7H2,1H3,(H,14,15). The van der Waals surface area contributed by atoms with Gasteiger partial charge >= 0.3 is 0 Å². The molecule has 0 aliphatic rings. The molecule has 1 aromatic carbocycles. The molecule has 0 bridgehead atoms. The molecule has 0 aliphatic carbocycles. The van der Waals surface area contributed by atoms with Gasteiger partial charge in [0.05, 0.1) is 0 Å². The topological polar surface area (TPSA) is 29.1 Å². The Labute approximate surface area is 98.6 Å². The van der Waals surface area contributed by atoms with Crippen molar-refractivity contribution >= 4 is 33.4 Å². The maximum Gasteiger partial charge on any atom is 0.217 e. The summed E-state index contributed by atoms with van der Waals surface area (Å²) >= 11 is 1.75. The fraction of sp³-hybridized carbons (Fsp3) is 0.154. The van der Waals surface area contributed by atoms with Crippen molar-refractivity contribution in [1.29, 1.82) is 0 Å². The second kappa shape index (κ2) is 4.94. The van der Waals surface area contributed by atoms with Crippen LogP contribution in [-0.2, 0) is 4.79 Å². The van der Waals surface area contributed by atoms with Crippen LogP contribution in [0, 0.1) is 0 Å². The highest BCUT2D eigenvalue weighted by molar-refractivity contribution is 7.17. The van der Waals surface area contributed by atoms with E-state index < -0.39 is 0 Å². The molecule has 0 saturated carbocycles. The molecule has 1 N–H and O–H groups in total. The third-order valence-electron chi connectivity index (χ3n) is 2.26. The van der Waals surface area contributed by atoms with E-state index in [1.807, 2.05) is 12.2 Å².